The van der Waals surface area contributed by atoms with E-state index in [4.69, 9.17) is 4.74 Å². The van der Waals surface area contributed by atoms with Crippen LogP contribution in [0.1, 0.15) is 49.8 Å². The van der Waals surface area contributed by atoms with Crippen molar-refractivity contribution in [1.82, 2.24) is 4.90 Å². The molecule has 1 aliphatic carbocycles. The van der Waals surface area contributed by atoms with Gasteiger partial charge >= 0.3 is 0 Å². The highest BCUT2D eigenvalue weighted by Crippen LogP contribution is 2.39. The number of rotatable bonds is 3. The SMILES string of the molecule is CCC1CCCCN1C1Cc2ccc(OC)cc2C1O. The van der Waals surface area contributed by atoms with E-state index in [0.29, 0.717) is 6.04 Å². The first-order valence-electron chi connectivity index (χ1n) is 7.85. The standard InChI is InChI=1S/C17H25NO2/c1-3-13-6-4-5-9-18(13)16-10-12-7-8-14(20-2)11-15(12)17(16)19/h7-8,11,13,16-17,19H,3-6,9-10H2,1-2H3. The second kappa shape index (κ2) is 5.74. The second-order valence-corrected chi connectivity index (χ2v) is 6.08. The minimum atomic E-state index is -0.368. The van der Waals surface area contributed by atoms with Crippen LogP contribution in [-0.2, 0) is 6.42 Å². The maximum atomic E-state index is 10.7. The van der Waals surface area contributed by atoms with Crippen LogP contribution in [-0.4, -0.2) is 35.7 Å². The number of fused-ring (bicyclic) bond motifs is 1. The number of aliphatic hydroxyl groups excluding tert-OH is 1. The van der Waals surface area contributed by atoms with Crippen molar-refractivity contribution in [2.75, 3.05) is 13.7 Å². The zero-order valence-corrected chi connectivity index (χ0v) is 12.5. The molecule has 0 bridgehead atoms. The predicted octanol–water partition coefficient (Wildman–Crippen LogP) is 2.92. The number of methoxy groups -OCH3 is 1. The van der Waals surface area contributed by atoms with Crippen molar-refractivity contribution in [2.45, 2.75) is 57.2 Å². The smallest absolute Gasteiger partial charge is 0.119 e. The summed E-state index contributed by atoms with van der Waals surface area (Å²) in [6, 6.07) is 7.01. The number of hydrogen-bond donors (Lipinski definition) is 1. The van der Waals surface area contributed by atoms with E-state index in [2.05, 4.69) is 17.9 Å². The largest absolute Gasteiger partial charge is 0.497 e. The summed E-state index contributed by atoms with van der Waals surface area (Å²) in [5.41, 5.74) is 2.35. The summed E-state index contributed by atoms with van der Waals surface area (Å²) < 4.78 is 5.29. The molecule has 1 heterocycles. The molecular formula is C17H25NO2. The summed E-state index contributed by atoms with van der Waals surface area (Å²) in [7, 11) is 1.68. The first-order chi connectivity index (χ1) is 9.74. The number of ether oxygens (including phenoxy) is 1. The highest BCUT2D eigenvalue weighted by Gasteiger charge is 2.38. The summed E-state index contributed by atoms with van der Waals surface area (Å²) >= 11 is 0. The van der Waals surface area contributed by atoms with Crippen LogP contribution < -0.4 is 4.74 Å². The van der Waals surface area contributed by atoms with Gasteiger partial charge in [-0.15, -0.1) is 0 Å². The van der Waals surface area contributed by atoms with Crippen molar-refractivity contribution < 1.29 is 9.84 Å². The molecule has 1 N–H and O–H groups in total. The van der Waals surface area contributed by atoms with E-state index in [-0.39, 0.29) is 12.1 Å². The Kier molecular flexibility index (Phi) is 3.99. The lowest BCUT2D eigenvalue weighted by Crippen LogP contribution is -2.47. The Labute approximate surface area is 121 Å². The van der Waals surface area contributed by atoms with Crippen LogP contribution in [0.3, 0.4) is 0 Å². The van der Waals surface area contributed by atoms with E-state index in [1.165, 1.54) is 31.2 Å². The molecular weight excluding hydrogens is 250 g/mol. The van der Waals surface area contributed by atoms with E-state index < -0.39 is 0 Å². The summed E-state index contributed by atoms with van der Waals surface area (Å²) in [4.78, 5) is 2.56. The van der Waals surface area contributed by atoms with Crippen molar-refractivity contribution >= 4 is 0 Å². The lowest BCUT2D eigenvalue weighted by Gasteiger charge is -2.40. The van der Waals surface area contributed by atoms with Gasteiger partial charge in [-0.05, 0) is 55.5 Å². The monoisotopic (exact) mass is 275 g/mol. The molecule has 1 aromatic rings. The fourth-order valence-electron chi connectivity index (χ4n) is 3.90. The molecule has 0 radical (unpaired) electrons. The van der Waals surface area contributed by atoms with Crippen LogP contribution >= 0.6 is 0 Å². The van der Waals surface area contributed by atoms with E-state index in [1.807, 2.05) is 12.1 Å². The zero-order chi connectivity index (χ0) is 14.1. The zero-order valence-electron chi connectivity index (χ0n) is 12.5. The van der Waals surface area contributed by atoms with Crippen molar-refractivity contribution in [1.29, 1.82) is 0 Å². The van der Waals surface area contributed by atoms with Gasteiger partial charge in [0.25, 0.3) is 0 Å². The van der Waals surface area contributed by atoms with Crippen molar-refractivity contribution in [2.24, 2.45) is 0 Å². The quantitative estimate of drug-likeness (QED) is 0.920. The van der Waals surface area contributed by atoms with E-state index in [9.17, 15) is 5.11 Å². The van der Waals surface area contributed by atoms with Gasteiger partial charge in [-0.1, -0.05) is 19.4 Å². The molecule has 1 fully saturated rings. The Morgan fingerprint density at radius 3 is 2.95 bits per heavy atom. The van der Waals surface area contributed by atoms with Crippen LogP contribution in [0, 0.1) is 0 Å². The molecule has 2 aliphatic rings. The fraction of sp³-hybridized carbons (Fsp3) is 0.647. The van der Waals surface area contributed by atoms with Gasteiger partial charge in [-0.25, -0.2) is 0 Å². The van der Waals surface area contributed by atoms with Gasteiger partial charge in [0.15, 0.2) is 0 Å². The Morgan fingerprint density at radius 1 is 1.35 bits per heavy atom. The first-order valence-corrected chi connectivity index (χ1v) is 7.85. The number of likely N-dealkylation sites (tertiary alicyclic amines) is 1. The normalized spacial score (nSPS) is 30.2. The lowest BCUT2D eigenvalue weighted by atomic mass is 9.96. The van der Waals surface area contributed by atoms with E-state index in [0.717, 1.165) is 24.3 Å². The topological polar surface area (TPSA) is 32.7 Å². The van der Waals surface area contributed by atoms with Crippen LogP contribution in [0.4, 0.5) is 0 Å². The van der Waals surface area contributed by atoms with Crippen molar-refractivity contribution in [3.63, 3.8) is 0 Å². The second-order valence-electron chi connectivity index (χ2n) is 6.08. The molecule has 3 nitrogen and oxygen atoms in total. The minimum absolute atomic E-state index is 0.252. The Balaban J connectivity index is 1.83. The highest BCUT2D eigenvalue weighted by molar-refractivity contribution is 5.42. The van der Waals surface area contributed by atoms with Gasteiger partial charge in [0, 0.05) is 12.1 Å². The van der Waals surface area contributed by atoms with E-state index in [1.54, 1.807) is 7.11 Å². The first kappa shape index (κ1) is 13.9. The van der Waals surface area contributed by atoms with Gasteiger partial charge < -0.3 is 9.84 Å². The number of aliphatic hydroxyl groups is 1. The predicted molar refractivity (Wildman–Crippen MR) is 80.1 cm³/mol. The van der Waals surface area contributed by atoms with Crippen LogP contribution in [0.5, 0.6) is 5.75 Å². The number of hydrogen-bond acceptors (Lipinski definition) is 3. The molecule has 3 unspecified atom stereocenters. The molecule has 1 aliphatic heterocycles. The average molecular weight is 275 g/mol. The van der Waals surface area contributed by atoms with E-state index >= 15 is 0 Å². The summed E-state index contributed by atoms with van der Waals surface area (Å²) in [5, 5.41) is 10.7. The molecule has 20 heavy (non-hydrogen) atoms. The molecule has 3 heteroatoms. The average Bonchev–Trinajstić information content (AvgIpc) is 2.83. The summed E-state index contributed by atoms with van der Waals surface area (Å²) in [5.74, 6) is 0.842. The molecule has 0 aromatic heterocycles. The molecule has 1 aromatic carbocycles. The van der Waals surface area contributed by atoms with Crippen molar-refractivity contribution in [3.8, 4) is 5.75 Å². The van der Waals surface area contributed by atoms with Crippen molar-refractivity contribution in [3.05, 3.63) is 29.3 Å². The van der Waals surface area contributed by atoms with Gasteiger partial charge in [0.1, 0.15) is 5.75 Å². The molecule has 3 rings (SSSR count). The van der Waals surface area contributed by atoms with Gasteiger partial charge in [-0.2, -0.15) is 0 Å². The van der Waals surface area contributed by atoms with Gasteiger partial charge in [0.2, 0.25) is 0 Å². The molecule has 0 amide bonds. The third-order valence-corrected chi connectivity index (χ3v) is 5.04. The number of nitrogens with zero attached hydrogens (tertiary/aromatic N) is 1. The summed E-state index contributed by atoms with van der Waals surface area (Å²) in [6.07, 6.45) is 5.66. The highest BCUT2D eigenvalue weighted by atomic mass is 16.5. The number of benzene rings is 1. The molecule has 0 spiro atoms. The Morgan fingerprint density at radius 2 is 2.20 bits per heavy atom. The van der Waals surface area contributed by atoms with Crippen LogP contribution in [0.15, 0.2) is 18.2 Å². The molecule has 3 atom stereocenters. The maximum absolute atomic E-state index is 10.7. The fourth-order valence-corrected chi connectivity index (χ4v) is 3.90. The lowest BCUT2D eigenvalue weighted by molar-refractivity contribution is 0.0153. The molecule has 1 saturated heterocycles. The molecule has 110 valence electrons. The Hall–Kier alpha value is -1.06. The Bertz CT molecular complexity index is 474. The maximum Gasteiger partial charge on any atom is 0.119 e. The third kappa shape index (κ3) is 2.33. The molecule has 0 saturated carbocycles. The minimum Gasteiger partial charge on any atom is -0.497 e. The number of piperidine rings is 1. The summed E-state index contributed by atoms with van der Waals surface area (Å²) in [6.45, 7) is 3.39. The van der Waals surface area contributed by atoms with Crippen LogP contribution in [0.2, 0.25) is 0 Å². The van der Waals surface area contributed by atoms with Gasteiger partial charge in [0.05, 0.1) is 13.2 Å². The van der Waals surface area contributed by atoms with Crippen LogP contribution in [0.25, 0.3) is 0 Å². The third-order valence-electron chi connectivity index (χ3n) is 5.04. The van der Waals surface area contributed by atoms with Gasteiger partial charge in [-0.3, -0.25) is 4.90 Å².